The minimum Gasteiger partial charge on any atom is -0.327 e. The minimum absolute atomic E-state index is 0.0905. The van der Waals surface area contributed by atoms with Gasteiger partial charge in [0.05, 0.1) is 28.7 Å². The number of nitro groups is 1. The molecule has 0 spiro atoms. The van der Waals surface area contributed by atoms with Crippen molar-refractivity contribution in [3.63, 3.8) is 0 Å². The van der Waals surface area contributed by atoms with Crippen LogP contribution in [0, 0.1) is 22.0 Å². The van der Waals surface area contributed by atoms with E-state index in [1.54, 1.807) is 0 Å². The first-order chi connectivity index (χ1) is 10.3. The van der Waals surface area contributed by atoms with Gasteiger partial charge in [-0.3, -0.25) is 14.9 Å². The molecule has 1 aromatic rings. The maximum Gasteiger partial charge on any atom is 0.279 e. The highest BCUT2D eigenvalue weighted by molar-refractivity contribution is 6.33. The summed E-state index contributed by atoms with van der Waals surface area (Å²) in [6.07, 6.45) is 1.21. The molecule has 2 N–H and O–H groups in total. The molecule has 0 radical (unpaired) electrons. The fourth-order valence-electron chi connectivity index (χ4n) is 3.21. The third-order valence-electron chi connectivity index (χ3n) is 3.93. The third-order valence-corrected chi connectivity index (χ3v) is 4.24. The molecule has 7 heteroatoms. The van der Waals surface area contributed by atoms with Crippen molar-refractivity contribution in [2.75, 3.05) is 25.0 Å². The molecule has 6 nitrogen and oxygen atoms in total. The number of nitrogens with one attached hydrogen (secondary N) is 2. The van der Waals surface area contributed by atoms with Crippen LogP contribution in [0.1, 0.15) is 20.3 Å². The summed E-state index contributed by atoms with van der Waals surface area (Å²) in [5.74, 6) is 1.12. The Balaban J connectivity index is 1.96. The Kier molecular flexibility index (Phi) is 5.37. The smallest absolute Gasteiger partial charge is 0.279 e. The Morgan fingerprint density at radius 1 is 1.41 bits per heavy atom. The fourth-order valence-corrected chi connectivity index (χ4v) is 3.43. The topological polar surface area (TPSA) is 76.7 Å². The molecule has 2 rings (SSSR count). The van der Waals surface area contributed by atoms with E-state index in [0.29, 0.717) is 24.1 Å². The van der Waals surface area contributed by atoms with Crippen molar-refractivity contribution in [2.45, 2.75) is 20.3 Å². The second-order valence-electron chi connectivity index (χ2n) is 6.25. The van der Waals surface area contributed by atoms with Crippen LogP contribution in [0.3, 0.4) is 0 Å². The predicted octanol–water partition coefficient (Wildman–Crippen LogP) is 1.75. The van der Waals surface area contributed by atoms with Crippen molar-refractivity contribution in [1.82, 2.24) is 0 Å². The molecule has 120 valence electrons. The minimum atomic E-state index is -0.516. The van der Waals surface area contributed by atoms with E-state index in [9.17, 15) is 14.9 Å². The molecule has 22 heavy (non-hydrogen) atoms. The summed E-state index contributed by atoms with van der Waals surface area (Å²) >= 11 is 5.98. The summed E-state index contributed by atoms with van der Waals surface area (Å²) in [6, 6.07) is 4.05. The van der Waals surface area contributed by atoms with Gasteiger partial charge in [0.25, 0.3) is 11.6 Å². The van der Waals surface area contributed by atoms with Crippen molar-refractivity contribution in [3.8, 4) is 0 Å². The van der Waals surface area contributed by atoms with Gasteiger partial charge in [0.2, 0.25) is 0 Å². The number of hydrogen-bond acceptors (Lipinski definition) is 3. The summed E-state index contributed by atoms with van der Waals surface area (Å²) in [6.45, 7) is 6.79. The largest absolute Gasteiger partial charge is 0.327 e. The number of anilines is 1. The van der Waals surface area contributed by atoms with Gasteiger partial charge >= 0.3 is 0 Å². The SMILES string of the molecule is C[C@@H]1C[C@@H](C)C[NH+](CC(=O)Nc2ccc([N+](=O)[O-])cc2Cl)C1. The first kappa shape index (κ1) is 16.7. The first-order valence-corrected chi connectivity index (χ1v) is 7.80. The number of nitro benzene ring substituents is 1. The Morgan fingerprint density at radius 3 is 2.59 bits per heavy atom. The second-order valence-corrected chi connectivity index (χ2v) is 6.66. The van der Waals surface area contributed by atoms with Crippen molar-refractivity contribution in [3.05, 3.63) is 33.3 Å². The molecule has 1 fully saturated rings. The van der Waals surface area contributed by atoms with Crippen LogP contribution in [0.5, 0.6) is 0 Å². The summed E-state index contributed by atoms with van der Waals surface area (Å²) < 4.78 is 0. The van der Waals surface area contributed by atoms with Gasteiger partial charge in [0.1, 0.15) is 0 Å². The molecule has 0 saturated carbocycles. The zero-order valence-electron chi connectivity index (χ0n) is 12.8. The van der Waals surface area contributed by atoms with Crippen LogP contribution in [0.15, 0.2) is 18.2 Å². The summed E-state index contributed by atoms with van der Waals surface area (Å²) in [5.41, 5.74) is 0.321. The Hall–Kier alpha value is -1.66. The van der Waals surface area contributed by atoms with Crippen LogP contribution in [0.4, 0.5) is 11.4 Å². The Morgan fingerprint density at radius 2 is 2.05 bits per heavy atom. The number of rotatable bonds is 4. The lowest BCUT2D eigenvalue weighted by molar-refractivity contribution is -0.904. The van der Waals surface area contributed by atoms with Gasteiger partial charge in [-0.15, -0.1) is 0 Å². The van der Waals surface area contributed by atoms with E-state index in [0.717, 1.165) is 13.1 Å². The highest BCUT2D eigenvalue weighted by atomic mass is 35.5. The summed E-state index contributed by atoms with van der Waals surface area (Å²) in [4.78, 5) is 23.6. The van der Waals surface area contributed by atoms with E-state index in [2.05, 4.69) is 19.2 Å². The average molecular weight is 327 g/mol. The van der Waals surface area contributed by atoms with E-state index in [1.807, 2.05) is 0 Å². The number of carbonyl (C=O) groups is 1. The second kappa shape index (κ2) is 7.07. The van der Waals surface area contributed by atoms with Crippen LogP contribution in [-0.4, -0.2) is 30.5 Å². The van der Waals surface area contributed by atoms with Gasteiger partial charge < -0.3 is 10.2 Å². The molecule has 0 bridgehead atoms. The quantitative estimate of drug-likeness (QED) is 0.653. The van der Waals surface area contributed by atoms with Gasteiger partial charge in [-0.1, -0.05) is 25.4 Å². The number of nitrogens with zero attached hydrogens (tertiary/aromatic N) is 1. The highest BCUT2D eigenvalue weighted by Gasteiger charge is 2.26. The first-order valence-electron chi connectivity index (χ1n) is 7.42. The van der Waals surface area contributed by atoms with Gasteiger partial charge in [-0.25, -0.2) is 0 Å². The molecule has 1 saturated heterocycles. The van der Waals surface area contributed by atoms with Gasteiger partial charge in [0, 0.05) is 24.0 Å². The van der Waals surface area contributed by atoms with E-state index in [1.165, 1.54) is 29.5 Å². The van der Waals surface area contributed by atoms with Gasteiger partial charge in [0.15, 0.2) is 6.54 Å². The van der Waals surface area contributed by atoms with E-state index >= 15 is 0 Å². The monoisotopic (exact) mass is 326 g/mol. The summed E-state index contributed by atoms with van der Waals surface area (Å²) in [5, 5.41) is 13.6. The van der Waals surface area contributed by atoms with Crippen molar-refractivity contribution < 1.29 is 14.6 Å². The maximum absolute atomic E-state index is 12.1. The molecular formula is C15H21ClN3O3+. The van der Waals surface area contributed by atoms with Crippen LogP contribution in [0.2, 0.25) is 5.02 Å². The molecular weight excluding hydrogens is 306 g/mol. The normalized spacial score (nSPS) is 24.8. The lowest BCUT2D eigenvalue weighted by atomic mass is 9.92. The van der Waals surface area contributed by atoms with Gasteiger partial charge in [-0.05, 0) is 12.5 Å². The number of hydrogen-bond donors (Lipinski definition) is 2. The maximum atomic E-state index is 12.1. The lowest BCUT2D eigenvalue weighted by Crippen LogP contribution is -3.15. The number of benzene rings is 1. The van der Waals surface area contributed by atoms with E-state index < -0.39 is 4.92 Å². The Bertz CT molecular complexity index is 569. The molecule has 1 aromatic carbocycles. The lowest BCUT2D eigenvalue weighted by Gasteiger charge is -2.31. The van der Waals surface area contributed by atoms with Crippen molar-refractivity contribution in [1.29, 1.82) is 0 Å². The van der Waals surface area contributed by atoms with Gasteiger partial charge in [-0.2, -0.15) is 0 Å². The molecule has 2 atom stereocenters. The zero-order valence-corrected chi connectivity index (χ0v) is 13.5. The number of likely N-dealkylation sites (tertiary alicyclic amines) is 1. The molecule has 0 unspecified atom stereocenters. The highest BCUT2D eigenvalue weighted by Crippen LogP contribution is 2.26. The van der Waals surface area contributed by atoms with Crippen LogP contribution in [-0.2, 0) is 4.79 Å². The molecule has 1 amide bonds. The van der Waals surface area contributed by atoms with Crippen molar-refractivity contribution in [2.24, 2.45) is 11.8 Å². The van der Waals surface area contributed by atoms with E-state index in [4.69, 9.17) is 11.6 Å². The average Bonchev–Trinajstić information content (AvgIpc) is 2.39. The fraction of sp³-hybridized carbons (Fsp3) is 0.533. The molecule has 1 aliphatic heterocycles. The molecule has 0 aromatic heterocycles. The number of quaternary nitrogens is 1. The number of amides is 1. The molecule has 1 aliphatic rings. The van der Waals surface area contributed by atoms with Crippen molar-refractivity contribution >= 4 is 28.9 Å². The number of halogens is 1. The molecule has 0 aliphatic carbocycles. The number of piperidine rings is 1. The van der Waals surface area contributed by atoms with Crippen LogP contribution < -0.4 is 10.2 Å². The zero-order chi connectivity index (χ0) is 16.3. The number of non-ortho nitro benzene ring substituents is 1. The number of carbonyl (C=O) groups excluding carboxylic acids is 1. The van der Waals surface area contributed by atoms with E-state index in [-0.39, 0.29) is 16.6 Å². The summed E-state index contributed by atoms with van der Waals surface area (Å²) in [7, 11) is 0. The standard InChI is InChI=1S/C15H20ClN3O3/c1-10-5-11(2)8-18(7-10)9-15(20)17-14-4-3-12(19(21)22)6-13(14)16/h3-4,6,10-11H,5,7-9H2,1-2H3,(H,17,20)/p+1/t10-,11-/m1/s1. The Labute approximate surface area is 134 Å². The molecule has 1 heterocycles. The third kappa shape index (κ3) is 4.42. The van der Waals surface area contributed by atoms with Crippen LogP contribution >= 0.6 is 11.6 Å². The van der Waals surface area contributed by atoms with Crippen LogP contribution in [0.25, 0.3) is 0 Å². The predicted molar refractivity (Wildman–Crippen MR) is 85.2 cm³/mol.